The van der Waals surface area contributed by atoms with Crippen LogP contribution in [-0.4, -0.2) is 22.4 Å². The Morgan fingerprint density at radius 1 is 1.41 bits per heavy atom. The van der Waals surface area contributed by atoms with Gasteiger partial charge in [0.1, 0.15) is 5.15 Å². The summed E-state index contributed by atoms with van der Waals surface area (Å²) in [5.74, 6) is 0. The molecule has 1 unspecified atom stereocenters. The number of aromatic nitrogens is 2. The summed E-state index contributed by atoms with van der Waals surface area (Å²) < 4.78 is 1.76. The third-order valence-electron chi connectivity index (χ3n) is 3.23. The molecule has 0 saturated heterocycles. The average Bonchev–Trinajstić information content (AvgIpc) is 2.54. The summed E-state index contributed by atoms with van der Waals surface area (Å²) in [6, 6.07) is 0.635. The van der Waals surface area contributed by atoms with Gasteiger partial charge in [0.25, 0.3) is 0 Å². The van der Waals surface area contributed by atoms with Crippen LogP contribution in [0.15, 0.2) is 0 Å². The minimum absolute atomic E-state index is 0.635. The van der Waals surface area contributed by atoms with Crippen LogP contribution in [0.3, 0.4) is 0 Å². The number of hydrogen-bond donors (Lipinski definition) is 1. The number of nitrogens with zero attached hydrogens (tertiary/aromatic N) is 2. The van der Waals surface area contributed by atoms with Crippen molar-refractivity contribution < 1.29 is 0 Å². The van der Waals surface area contributed by atoms with Gasteiger partial charge in [-0.1, -0.05) is 25.4 Å². The van der Waals surface area contributed by atoms with E-state index in [-0.39, 0.29) is 0 Å². The molecule has 4 heteroatoms. The van der Waals surface area contributed by atoms with Crippen molar-refractivity contribution >= 4 is 11.6 Å². The molecule has 0 bridgehead atoms. The lowest BCUT2D eigenvalue weighted by molar-refractivity contribution is 0.467. The summed E-state index contributed by atoms with van der Waals surface area (Å²) in [5, 5.41) is 8.62. The summed E-state index contributed by atoms with van der Waals surface area (Å²) in [6.45, 7) is 7.47. The molecule has 1 N–H and O–H groups in total. The Balaban J connectivity index is 2.45. The van der Waals surface area contributed by atoms with Crippen molar-refractivity contribution in [3.8, 4) is 0 Å². The Bertz CT molecular complexity index is 347. The zero-order valence-corrected chi connectivity index (χ0v) is 12.1. The molecule has 0 aliphatic rings. The average molecular weight is 258 g/mol. The highest BCUT2D eigenvalue weighted by molar-refractivity contribution is 6.30. The van der Waals surface area contributed by atoms with E-state index in [1.807, 2.05) is 14.0 Å². The summed E-state index contributed by atoms with van der Waals surface area (Å²) in [6.07, 6.45) is 4.58. The molecule has 0 radical (unpaired) electrons. The van der Waals surface area contributed by atoms with Gasteiger partial charge in [-0.05, 0) is 39.2 Å². The summed E-state index contributed by atoms with van der Waals surface area (Å²) >= 11 is 6.21. The fraction of sp³-hybridized carbons (Fsp3) is 0.769. The van der Waals surface area contributed by atoms with Crippen LogP contribution in [-0.2, 0) is 13.5 Å². The molecule has 1 aromatic heterocycles. The van der Waals surface area contributed by atoms with E-state index in [9.17, 15) is 0 Å². The van der Waals surface area contributed by atoms with Gasteiger partial charge in [0.15, 0.2) is 0 Å². The first-order chi connectivity index (χ1) is 8.10. The highest BCUT2D eigenvalue weighted by Crippen LogP contribution is 2.21. The van der Waals surface area contributed by atoms with Crippen LogP contribution in [0, 0.1) is 6.92 Å². The van der Waals surface area contributed by atoms with Crippen molar-refractivity contribution in [1.82, 2.24) is 15.1 Å². The maximum Gasteiger partial charge on any atom is 0.130 e. The van der Waals surface area contributed by atoms with Crippen LogP contribution in [0.1, 0.15) is 44.4 Å². The second-order valence-electron chi connectivity index (χ2n) is 4.53. The lowest BCUT2D eigenvalue weighted by Gasteiger charge is -2.15. The summed E-state index contributed by atoms with van der Waals surface area (Å²) in [7, 11) is 1.90. The van der Waals surface area contributed by atoms with Crippen LogP contribution in [0.4, 0.5) is 0 Å². The molecule has 3 nitrogen and oxygen atoms in total. The number of aryl methyl sites for hydroxylation is 2. The molecule has 98 valence electrons. The molecule has 0 aliphatic carbocycles. The van der Waals surface area contributed by atoms with Gasteiger partial charge in [-0.3, -0.25) is 4.68 Å². The number of halogens is 1. The Labute approximate surface area is 110 Å². The SMILES string of the molecule is CCNC(CC)CCCc1c(C)nn(C)c1Cl. The molecule has 1 aromatic rings. The topological polar surface area (TPSA) is 29.9 Å². The van der Waals surface area contributed by atoms with Gasteiger partial charge in [0.2, 0.25) is 0 Å². The first kappa shape index (κ1) is 14.5. The summed E-state index contributed by atoms with van der Waals surface area (Å²) in [4.78, 5) is 0. The molecular formula is C13H24ClN3. The molecular weight excluding hydrogens is 234 g/mol. The van der Waals surface area contributed by atoms with E-state index in [1.165, 1.54) is 18.4 Å². The van der Waals surface area contributed by atoms with Crippen molar-refractivity contribution in [2.24, 2.45) is 7.05 Å². The molecule has 17 heavy (non-hydrogen) atoms. The second kappa shape index (κ2) is 7.02. The molecule has 0 aliphatic heterocycles. The van der Waals surface area contributed by atoms with Crippen molar-refractivity contribution in [3.63, 3.8) is 0 Å². The molecule has 1 atom stereocenters. The molecule has 0 spiro atoms. The molecule has 0 amide bonds. The van der Waals surface area contributed by atoms with Gasteiger partial charge < -0.3 is 5.32 Å². The minimum atomic E-state index is 0.635. The van der Waals surface area contributed by atoms with Gasteiger partial charge in [-0.25, -0.2) is 0 Å². The third-order valence-corrected chi connectivity index (χ3v) is 3.71. The maximum absolute atomic E-state index is 6.21. The van der Waals surface area contributed by atoms with Gasteiger partial charge in [0.05, 0.1) is 5.69 Å². The molecule has 1 heterocycles. The van der Waals surface area contributed by atoms with Crippen LogP contribution in [0.2, 0.25) is 5.15 Å². The van der Waals surface area contributed by atoms with Crippen LogP contribution in [0.5, 0.6) is 0 Å². The molecule has 0 saturated carbocycles. The smallest absolute Gasteiger partial charge is 0.130 e. The van der Waals surface area contributed by atoms with E-state index in [0.717, 1.165) is 30.2 Å². The van der Waals surface area contributed by atoms with Crippen LogP contribution < -0.4 is 5.32 Å². The first-order valence-electron chi connectivity index (χ1n) is 6.51. The number of hydrogen-bond acceptors (Lipinski definition) is 2. The zero-order valence-electron chi connectivity index (χ0n) is 11.4. The maximum atomic E-state index is 6.21. The quantitative estimate of drug-likeness (QED) is 0.814. The number of rotatable bonds is 7. The van der Waals surface area contributed by atoms with E-state index in [4.69, 9.17) is 11.6 Å². The predicted octanol–water partition coefficient (Wildman–Crippen LogP) is 3.09. The standard InChI is InChI=1S/C13H24ClN3/c1-5-11(15-6-2)8-7-9-12-10(3)16-17(4)13(12)14/h11,15H,5-9H2,1-4H3. The van der Waals surface area contributed by atoms with Crippen molar-refractivity contribution in [3.05, 3.63) is 16.4 Å². The Morgan fingerprint density at radius 3 is 2.59 bits per heavy atom. The van der Waals surface area contributed by atoms with E-state index in [0.29, 0.717) is 6.04 Å². The fourth-order valence-corrected chi connectivity index (χ4v) is 2.49. The van der Waals surface area contributed by atoms with Crippen molar-refractivity contribution in [2.45, 2.75) is 52.5 Å². The summed E-state index contributed by atoms with van der Waals surface area (Å²) in [5.41, 5.74) is 2.27. The molecule has 0 fully saturated rings. The van der Waals surface area contributed by atoms with Crippen LogP contribution >= 0.6 is 11.6 Å². The highest BCUT2D eigenvalue weighted by Gasteiger charge is 2.11. The minimum Gasteiger partial charge on any atom is -0.314 e. The monoisotopic (exact) mass is 257 g/mol. The van der Waals surface area contributed by atoms with Gasteiger partial charge in [0, 0.05) is 18.7 Å². The number of nitrogens with one attached hydrogen (secondary N) is 1. The first-order valence-corrected chi connectivity index (χ1v) is 6.89. The fourth-order valence-electron chi connectivity index (χ4n) is 2.22. The zero-order chi connectivity index (χ0) is 12.8. The van der Waals surface area contributed by atoms with Crippen molar-refractivity contribution in [2.75, 3.05) is 6.54 Å². The molecule has 0 aromatic carbocycles. The third kappa shape index (κ3) is 4.00. The van der Waals surface area contributed by atoms with Gasteiger partial charge in [-0.2, -0.15) is 5.10 Å². The van der Waals surface area contributed by atoms with Crippen molar-refractivity contribution in [1.29, 1.82) is 0 Å². The Kier molecular flexibility index (Phi) is 6.00. The lowest BCUT2D eigenvalue weighted by Crippen LogP contribution is -2.28. The van der Waals surface area contributed by atoms with Gasteiger partial charge in [-0.15, -0.1) is 0 Å². The van der Waals surface area contributed by atoms with E-state index in [1.54, 1.807) is 4.68 Å². The van der Waals surface area contributed by atoms with E-state index in [2.05, 4.69) is 24.3 Å². The Hall–Kier alpha value is -0.540. The van der Waals surface area contributed by atoms with E-state index < -0.39 is 0 Å². The highest BCUT2D eigenvalue weighted by atomic mass is 35.5. The van der Waals surface area contributed by atoms with Crippen LogP contribution in [0.25, 0.3) is 0 Å². The van der Waals surface area contributed by atoms with E-state index >= 15 is 0 Å². The normalized spacial score (nSPS) is 13.0. The largest absolute Gasteiger partial charge is 0.314 e. The predicted molar refractivity (Wildman–Crippen MR) is 73.6 cm³/mol. The van der Waals surface area contributed by atoms with Gasteiger partial charge >= 0.3 is 0 Å². The molecule has 1 rings (SSSR count). The lowest BCUT2D eigenvalue weighted by atomic mass is 10.0. The second-order valence-corrected chi connectivity index (χ2v) is 4.89. The Morgan fingerprint density at radius 2 is 2.12 bits per heavy atom.